The summed E-state index contributed by atoms with van der Waals surface area (Å²) in [5.41, 5.74) is 2.03. The van der Waals surface area contributed by atoms with E-state index in [1.165, 1.54) is 0 Å². The summed E-state index contributed by atoms with van der Waals surface area (Å²) in [5, 5.41) is 2.55. The molecule has 6 aromatic rings. The maximum atomic E-state index is 14.6. The van der Waals surface area contributed by atoms with Gasteiger partial charge in [0, 0.05) is 0 Å². The van der Waals surface area contributed by atoms with E-state index in [-0.39, 0.29) is 4.90 Å². The fraction of sp³-hybridized carbons (Fsp3) is 0.163. The Morgan fingerprint density at radius 3 is 1.38 bits per heavy atom. The van der Waals surface area contributed by atoms with E-state index in [0.29, 0.717) is 25.8 Å². The van der Waals surface area contributed by atoms with Crippen molar-refractivity contribution in [3.63, 3.8) is 0 Å². The third-order valence-corrected chi connectivity index (χ3v) is 17.2. The summed E-state index contributed by atoms with van der Waals surface area (Å²) in [6.07, 6.45) is 2.76. The second-order valence-electron chi connectivity index (χ2n) is 12.4. The van der Waals surface area contributed by atoms with Crippen molar-refractivity contribution in [2.45, 2.75) is 31.1 Å². The van der Waals surface area contributed by atoms with Crippen LogP contribution < -0.4 is 25.4 Å². The molecule has 256 valence electrons. The number of para-hydroxylation sites is 1. The molecule has 6 aromatic carbocycles. The predicted octanol–water partition coefficient (Wildman–Crippen LogP) is 8.63. The van der Waals surface area contributed by atoms with Crippen molar-refractivity contribution in [1.29, 1.82) is 0 Å². The van der Waals surface area contributed by atoms with Crippen molar-refractivity contribution in [1.82, 2.24) is 0 Å². The summed E-state index contributed by atoms with van der Waals surface area (Å²) >= 11 is 0. The first kappa shape index (κ1) is 35.1. The van der Waals surface area contributed by atoms with E-state index < -0.39 is 16.9 Å². The summed E-state index contributed by atoms with van der Waals surface area (Å²) in [5.74, 6) is 1.67. The van der Waals surface area contributed by atoms with Gasteiger partial charge < -0.3 is 0 Å². The van der Waals surface area contributed by atoms with Crippen LogP contribution in [0.5, 0.6) is 11.5 Å². The molecular weight excluding hydrogens is 660 g/mol. The molecule has 0 aliphatic carbocycles. The van der Waals surface area contributed by atoms with Gasteiger partial charge >= 0.3 is 262 Å². The number of aryl methyl sites for hydroxylation is 2. The summed E-state index contributed by atoms with van der Waals surface area (Å²) in [4.78, 5) is 0.132. The van der Waals surface area contributed by atoms with Crippen LogP contribution in [0.2, 0.25) is 0 Å². The van der Waals surface area contributed by atoms with E-state index in [4.69, 9.17) is 13.4 Å². The van der Waals surface area contributed by atoms with Crippen molar-refractivity contribution < 1.29 is 21.9 Å². The molecule has 0 spiro atoms. The first-order chi connectivity index (χ1) is 24.4. The Balaban J connectivity index is 1.32. The first-order valence-electron chi connectivity index (χ1n) is 17.0. The monoisotopic (exact) mass is 702 g/mol. The van der Waals surface area contributed by atoms with E-state index in [9.17, 15) is 8.42 Å². The van der Waals surface area contributed by atoms with Gasteiger partial charge in [0.2, 0.25) is 0 Å². The third kappa shape index (κ3) is 7.69. The van der Waals surface area contributed by atoms with E-state index in [0.717, 1.165) is 51.4 Å². The molecule has 7 heteroatoms. The van der Waals surface area contributed by atoms with Crippen molar-refractivity contribution in [2.75, 3.05) is 19.4 Å². The molecule has 0 saturated heterocycles. The topological polar surface area (TPSA) is 61.8 Å². The number of unbranched alkanes of at least 4 members (excludes halogenated alkanes) is 1. The van der Waals surface area contributed by atoms with Gasteiger partial charge in [0.05, 0.1) is 0 Å². The Morgan fingerprint density at radius 2 is 0.920 bits per heavy atom. The fourth-order valence-corrected chi connectivity index (χ4v) is 15.0. The standard InChI is InChI=1S/C43H43O5PS/c1-36-24-30-43(31-25-36)50(44,45)48-49(40-18-8-3-9-19-40,41-20-10-4-11-21-41,42-22-12-5-13-23-42)35-32-37-26-28-39(29-27-37)47-34-15-14-33-46-38-16-6-2-7-17-38/h2-13,16-31H,14-15,32-35H2,1H3. The molecule has 0 saturated carbocycles. The predicted molar refractivity (Wildman–Crippen MR) is 206 cm³/mol. The van der Waals surface area contributed by atoms with Crippen molar-refractivity contribution in [2.24, 2.45) is 0 Å². The minimum absolute atomic E-state index is 0.132. The van der Waals surface area contributed by atoms with Gasteiger partial charge in [0.25, 0.3) is 0 Å². The Hall–Kier alpha value is -4.74. The Kier molecular flexibility index (Phi) is 11.1. The molecule has 0 fully saturated rings. The molecule has 0 amide bonds. The molecular formula is C43H43O5PS. The molecule has 0 bridgehead atoms. The quantitative estimate of drug-likeness (QED) is 0.0747. The molecule has 0 aromatic heterocycles. The molecule has 5 nitrogen and oxygen atoms in total. The summed E-state index contributed by atoms with van der Waals surface area (Å²) < 4.78 is 48.0. The van der Waals surface area contributed by atoms with E-state index in [1.54, 1.807) is 24.3 Å². The van der Waals surface area contributed by atoms with Crippen LogP contribution in [0.1, 0.15) is 24.0 Å². The summed E-state index contributed by atoms with van der Waals surface area (Å²) in [6.45, 7) is -1.06. The maximum absolute atomic E-state index is 14.6. The van der Waals surface area contributed by atoms with Gasteiger partial charge in [-0.25, -0.2) is 0 Å². The Morgan fingerprint density at radius 1 is 0.500 bits per heavy atom. The van der Waals surface area contributed by atoms with Gasteiger partial charge in [-0.2, -0.15) is 0 Å². The van der Waals surface area contributed by atoms with Crippen molar-refractivity contribution in [3.05, 3.63) is 181 Å². The number of ether oxygens (including phenoxy) is 2. The first-order valence-corrected chi connectivity index (χ1v) is 20.7. The van der Waals surface area contributed by atoms with Crippen LogP contribution >= 0.6 is 6.83 Å². The summed E-state index contributed by atoms with van der Waals surface area (Å²) in [6, 6.07) is 54.6. The average molecular weight is 703 g/mol. The molecule has 0 radical (unpaired) electrons. The number of rotatable bonds is 16. The Labute approximate surface area is 296 Å². The molecule has 0 aliphatic rings. The third-order valence-electron chi connectivity index (χ3n) is 9.05. The summed E-state index contributed by atoms with van der Waals surface area (Å²) in [7, 11) is -4.25. The average Bonchev–Trinajstić information content (AvgIpc) is 3.17. The van der Waals surface area contributed by atoms with Gasteiger partial charge in [-0.05, 0) is 12.1 Å². The van der Waals surface area contributed by atoms with Gasteiger partial charge in [0.15, 0.2) is 0 Å². The molecule has 0 heterocycles. The molecule has 0 atom stereocenters. The van der Waals surface area contributed by atoms with E-state index in [2.05, 4.69) is 12.1 Å². The van der Waals surface area contributed by atoms with Gasteiger partial charge in [-0.1, -0.05) is 18.2 Å². The van der Waals surface area contributed by atoms with Crippen molar-refractivity contribution in [3.8, 4) is 11.5 Å². The molecule has 50 heavy (non-hydrogen) atoms. The molecule has 6 rings (SSSR count). The van der Waals surface area contributed by atoms with Crippen LogP contribution in [0.15, 0.2) is 175 Å². The molecule has 0 unspecified atom stereocenters. The van der Waals surface area contributed by atoms with Crippen LogP contribution in [0.4, 0.5) is 0 Å². The zero-order valence-corrected chi connectivity index (χ0v) is 30.0. The second kappa shape index (κ2) is 15.9. The van der Waals surface area contributed by atoms with Gasteiger partial charge in [-0.15, -0.1) is 0 Å². The number of hydrogen-bond acceptors (Lipinski definition) is 5. The number of benzene rings is 6. The van der Waals surface area contributed by atoms with Gasteiger partial charge in [0.1, 0.15) is 5.75 Å². The normalized spacial score (nSPS) is 12.5. The Bertz CT molecular complexity index is 1940. The van der Waals surface area contributed by atoms with Gasteiger partial charge in [-0.3, -0.25) is 0 Å². The van der Waals surface area contributed by atoms with Crippen LogP contribution in [0, 0.1) is 6.92 Å². The van der Waals surface area contributed by atoms with Crippen LogP contribution in [-0.2, 0) is 20.5 Å². The number of hydrogen-bond donors (Lipinski definition) is 0. The zero-order chi connectivity index (χ0) is 34.7. The SMILES string of the molecule is Cc1ccc(S(=O)(=O)OP(CCc2ccc(OCCCCOc3ccccc3)cc2)(c2ccccc2)(c2ccccc2)c2ccccc2)cc1. The van der Waals surface area contributed by atoms with E-state index >= 15 is 0 Å². The van der Waals surface area contributed by atoms with E-state index in [1.807, 2.05) is 140 Å². The van der Waals surface area contributed by atoms with Crippen LogP contribution in [0.25, 0.3) is 0 Å². The second-order valence-corrected chi connectivity index (χ2v) is 18.8. The van der Waals surface area contributed by atoms with Crippen LogP contribution in [0.3, 0.4) is 0 Å². The molecule has 0 N–H and O–H groups in total. The minimum atomic E-state index is -4.25. The fourth-order valence-electron chi connectivity index (χ4n) is 6.39. The zero-order valence-electron chi connectivity index (χ0n) is 28.3. The van der Waals surface area contributed by atoms with Crippen molar-refractivity contribution >= 4 is 32.9 Å². The van der Waals surface area contributed by atoms with Crippen LogP contribution in [-0.4, -0.2) is 27.8 Å². The molecule has 0 aliphatic heterocycles.